The topological polar surface area (TPSA) is 41.9 Å². The molecule has 1 aromatic rings. The maximum atomic E-state index is 10.3. The van der Waals surface area contributed by atoms with E-state index in [0.717, 1.165) is 25.1 Å². The number of likely N-dealkylation sites (tertiary alicyclic amines) is 1. The van der Waals surface area contributed by atoms with E-state index in [2.05, 4.69) is 24.1 Å². The summed E-state index contributed by atoms with van der Waals surface area (Å²) < 4.78 is 11.8. The summed E-state index contributed by atoms with van der Waals surface area (Å²) in [6, 6.07) is 4.25. The fourth-order valence-corrected chi connectivity index (χ4v) is 4.95. The molecule has 4 nitrogen and oxygen atoms in total. The molecule has 5 rings (SSSR count). The van der Waals surface area contributed by atoms with E-state index in [1.54, 1.807) is 13.2 Å². The molecule has 2 bridgehead atoms. The predicted octanol–water partition coefficient (Wildman–Crippen LogP) is 2.12. The van der Waals surface area contributed by atoms with Crippen molar-refractivity contribution in [1.29, 1.82) is 0 Å². The zero-order valence-electron chi connectivity index (χ0n) is 12.8. The van der Waals surface area contributed by atoms with Gasteiger partial charge in [-0.05, 0) is 49.7 Å². The number of aromatic hydroxyl groups is 1. The molecule has 2 heterocycles. The Morgan fingerprint density at radius 2 is 2.23 bits per heavy atom. The Kier molecular flexibility index (Phi) is 2.22. The van der Waals surface area contributed by atoms with Crippen LogP contribution in [0.25, 0.3) is 0 Å². The van der Waals surface area contributed by atoms with Crippen LogP contribution in [0.1, 0.15) is 17.5 Å². The van der Waals surface area contributed by atoms with Crippen LogP contribution in [0, 0.1) is 0 Å². The first-order valence-corrected chi connectivity index (χ1v) is 7.85. The van der Waals surface area contributed by atoms with Gasteiger partial charge in [-0.1, -0.05) is 12.1 Å². The van der Waals surface area contributed by atoms with Crippen molar-refractivity contribution in [1.82, 2.24) is 4.90 Å². The monoisotopic (exact) mass is 297 g/mol. The van der Waals surface area contributed by atoms with Gasteiger partial charge in [0.15, 0.2) is 17.6 Å². The Balaban J connectivity index is 1.86. The van der Waals surface area contributed by atoms with Crippen molar-refractivity contribution in [3.05, 3.63) is 46.7 Å². The zero-order chi connectivity index (χ0) is 15.1. The second-order valence-corrected chi connectivity index (χ2v) is 6.76. The van der Waals surface area contributed by atoms with Gasteiger partial charge in [0.1, 0.15) is 5.76 Å². The van der Waals surface area contributed by atoms with Crippen molar-refractivity contribution in [3.63, 3.8) is 0 Å². The van der Waals surface area contributed by atoms with Crippen molar-refractivity contribution in [3.8, 4) is 11.5 Å². The number of methoxy groups -OCH3 is 1. The molecular weight excluding hydrogens is 278 g/mol. The molecule has 1 spiro atoms. The summed E-state index contributed by atoms with van der Waals surface area (Å²) in [5.41, 5.74) is 3.78. The van der Waals surface area contributed by atoms with E-state index in [1.807, 2.05) is 6.08 Å². The first-order chi connectivity index (χ1) is 10.7. The Bertz CT molecular complexity index is 751. The number of phenolic OH excluding ortho intramolecular Hbond substituents is 1. The third-order valence-electron chi connectivity index (χ3n) is 5.95. The fourth-order valence-electron chi connectivity index (χ4n) is 4.95. The second kappa shape index (κ2) is 3.87. The SMILES string of the molecule is COC1=CC=C2C3Cc4ccc(O)c5c4[C@@]2(CCN3C)[C@H]1O5. The lowest BCUT2D eigenvalue weighted by Crippen LogP contribution is -2.58. The summed E-state index contributed by atoms with van der Waals surface area (Å²) in [5.74, 6) is 1.77. The van der Waals surface area contributed by atoms with Gasteiger partial charge in [0, 0.05) is 11.6 Å². The van der Waals surface area contributed by atoms with Crippen LogP contribution in [0.5, 0.6) is 11.5 Å². The van der Waals surface area contributed by atoms with E-state index in [1.165, 1.54) is 16.7 Å². The van der Waals surface area contributed by atoms with Gasteiger partial charge in [0.2, 0.25) is 0 Å². The minimum atomic E-state index is -0.154. The van der Waals surface area contributed by atoms with Crippen LogP contribution >= 0.6 is 0 Å². The maximum absolute atomic E-state index is 10.3. The van der Waals surface area contributed by atoms with Crippen LogP contribution in [0.4, 0.5) is 0 Å². The van der Waals surface area contributed by atoms with Crippen LogP contribution in [0.2, 0.25) is 0 Å². The van der Waals surface area contributed by atoms with Gasteiger partial charge < -0.3 is 14.6 Å². The quantitative estimate of drug-likeness (QED) is 0.862. The summed E-state index contributed by atoms with van der Waals surface area (Å²) >= 11 is 0. The van der Waals surface area contributed by atoms with Gasteiger partial charge in [0.25, 0.3) is 0 Å². The molecule has 0 amide bonds. The van der Waals surface area contributed by atoms with E-state index in [9.17, 15) is 5.11 Å². The maximum Gasteiger partial charge on any atom is 0.169 e. The van der Waals surface area contributed by atoms with Gasteiger partial charge in [-0.2, -0.15) is 0 Å². The normalized spacial score (nSPS) is 34.5. The molecule has 1 unspecified atom stereocenters. The highest BCUT2D eigenvalue weighted by molar-refractivity contribution is 5.67. The summed E-state index contributed by atoms with van der Waals surface area (Å²) in [6.07, 6.45) is 6.11. The number of hydrogen-bond donors (Lipinski definition) is 1. The number of ether oxygens (including phenoxy) is 2. The average Bonchev–Trinajstić information content (AvgIpc) is 2.88. The lowest BCUT2D eigenvalue weighted by atomic mass is 9.57. The Labute approximate surface area is 129 Å². The number of likely N-dealkylation sites (N-methyl/N-ethyl adjacent to an activating group) is 1. The molecule has 1 saturated heterocycles. The molecule has 2 aliphatic heterocycles. The largest absolute Gasteiger partial charge is 0.504 e. The third-order valence-corrected chi connectivity index (χ3v) is 5.95. The number of rotatable bonds is 1. The standard InChI is InChI=1S/C18H19NO3/c1-19-8-7-18-11-4-6-14(21-2)17(18)22-16-13(20)5-3-10(15(16)18)9-12(11)19/h3-6,12,17,20H,7-9H2,1-2H3/t12?,17-,18-/m0/s1. The van der Waals surface area contributed by atoms with Gasteiger partial charge in [0.05, 0.1) is 12.5 Å². The molecule has 22 heavy (non-hydrogen) atoms. The van der Waals surface area contributed by atoms with Crippen molar-refractivity contribution in [2.24, 2.45) is 0 Å². The number of phenols is 1. The highest BCUT2D eigenvalue weighted by Crippen LogP contribution is 2.62. The van der Waals surface area contributed by atoms with Crippen molar-refractivity contribution in [2.45, 2.75) is 30.4 Å². The lowest BCUT2D eigenvalue weighted by Gasteiger charge is -2.52. The van der Waals surface area contributed by atoms with Crippen molar-refractivity contribution in [2.75, 3.05) is 20.7 Å². The molecule has 0 radical (unpaired) electrons. The molecule has 4 aliphatic rings. The Morgan fingerprint density at radius 3 is 3.05 bits per heavy atom. The molecule has 4 heteroatoms. The van der Waals surface area contributed by atoms with E-state index < -0.39 is 0 Å². The Hall–Kier alpha value is -1.94. The number of nitrogens with zero attached hydrogens (tertiary/aromatic N) is 1. The van der Waals surface area contributed by atoms with Crippen LogP contribution < -0.4 is 4.74 Å². The van der Waals surface area contributed by atoms with E-state index >= 15 is 0 Å². The van der Waals surface area contributed by atoms with E-state index in [-0.39, 0.29) is 17.3 Å². The predicted molar refractivity (Wildman–Crippen MR) is 82.1 cm³/mol. The fraction of sp³-hybridized carbons (Fsp3) is 0.444. The lowest BCUT2D eigenvalue weighted by molar-refractivity contribution is 0.0735. The summed E-state index contributed by atoms with van der Waals surface area (Å²) in [4.78, 5) is 2.44. The number of piperidine rings is 1. The van der Waals surface area contributed by atoms with Crippen molar-refractivity contribution >= 4 is 0 Å². The van der Waals surface area contributed by atoms with Gasteiger partial charge >= 0.3 is 0 Å². The van der Waals surface area contributed by atoms with Crippen LogP contribution in [-0.2, 0) is 16.6 Å². The molecular formula is C18H19NO3. The molecule has 3 atom stereocenters. The highest BCUT2D eigenvalue weighted by Gasteiger charge is 2.61. The highest BCUT2D eigenvalue weighted by atomic mass is 16.5. The summed E-state index contributed by atoms with van der Waals surface area (Å²) in [7, 11) is 3.90. The summed E-state index contributed by atoms with van der Waals surface area (Å²) in [6.45, 7) is 1.04. The molecule has 114 valence electrons. The first kappa shape index (κ1) is 12.6. The minimum Gasteiger partial charge on any atom is -0.504 e. The van der Waals surface area contributed by atoms with E-state index in [4.69, 9.17) is 9.47 Å². The molecule has 0 aromatic heterocycles. The van der Waals surface area contributed by atoms with Gasteiger partial charge in [-0.15, -0.1) is 0 Å². The smallest absolute Gasteiger partial charge is 0.169 e. The zero-order valence-corrected chi connectivity index (χ0v) is 12.8. The second-order valence-electron chi connectivity index (χ2n) is 6.76. The molecule has 1 N–H and O–H groups in total. The van der Waals surface area contributed by atoms with Crippen LogP contribution in [0.3, 0.4) is 0 Å². The van der Waals surface area contributed by atoms with Crippen LogP contribution in [0.15, 0.2) is 35.6 Å². The third kappa shape index (κ3) is 1.20. The number of allylic oxidation sites excluding steroid dienone is 2. The molecule has 0 saturated carbocycles. The van der Waals surface area contributed by atoms with Gasteiger partial charge in [-0.3, -0.25) is 4.90 Å². The molecule has 2 aliphatic carbocycles. The van der Waals surface area contributed by atoms with Crippen molar-refractivity contribution < 1.29 is 14.6 Å². The Morgan fingerprint density at radius 1 is 1.36 bits per heavy atom. The first-order valence-electron chi connectivity index (χ1n) is 7.85. The number of hydrogen-bond acceptors (Lipinski definition) is 4. The minimum absolute atomic E-state index is 0.143. The van der Waals surface area contributed by atoms with Crippen LogP contribution in [-0.4, -0.2) is 42.9 Å². The van der Waals surface area contributed by atoms with E-state index in [0.29, 0.717) is 11.8 Å². The molecule has 1 fully saturated rings. The summed E-state index contributed by atoms with van der Waals surface area (Å²) in [5, 5.41) is 10.3. The average molecular weight is 297 g/mol. The van der Waals surface area contributed by atoms with Gasteiger partial charge in [-0.25, -0.2) is 0 Å². The number of benzene rings is 1. The molecule has 1 aromatic carbocycles.